The molecule has 4 nitrogen and oxygen atoms in total. The minimum Gasteiger partial charge on any atom is -0.384 e. The number of anilines is 1. The molecule has 6 heteroatoms. The van der Waals surface area contributed by atoms with Gasteiger partial charge in [-0.2, -0.15) is 11.8 Å². The number of hydrogen-bond donors (Lipinski definition) is 1. The number of rotatable bonds is 5. The molecule has 0 saturated carbocycles. The Hall–Kier alpha value is -0.940. The SMILES string of the molecule is CSC(C)CNc1cc(Cl)c([N+](=O)[O-])cc1C. The number of aryl methyl sites for hydroxylation is 1. The van der Waals surface area contributed by atoms with Crippen molar-refractivity contribution >= 4 is 34.7 Å². The van der Waals surface area contributed by atoms with Gasteiger partial charge < -0.3 is 5.32 Å². The largest absolute Gasteiger partial charge is 0.384 e. The fraction of sp³-hybridized carbons (Fsp3) is 0.455. The number of thioether (sulfide) groups is 1. The van der Waals surface area contributed by atoms with Crippen LogP contribution >= 0.6 is 23.4 Å². The molecule has 1 aromatic carbocycles. The quantitative estimate of drug-likeness (QED) is 0.657. The molecule has 1 N–H and O–H groups in total. The topological polar surface area (TPSA) is 55.2 Å². The van der Waals surface area contributed by atoms with Crippen LogP contribution in [0.4, 0.5) is 11.4 Å². The predicted octanol–water partition coefficient (Wildman–Crippen LogP) is 3.72. The molecule has 1 rings (SSSR count). The molecule has 0 amide bonds. The van der Waals surface area contributed by atoms with Crippen molar-refractivity contribution in [3.05, 3.63) is 32.8 Å². The predicted molar refractivity (Wildman–Crippen MR) is 74.3 cm³/mol. The number of halogens is 1. The Kier molecular flexibility index (Phi) is 5.08. The van der Waals surface area contributed by atoms with E-state index in [9.17, 15) is 10.1 Å². The average molecular weight is 275 g/mol. The monoisotopic (exact) mass is 274 g/mol. The Labute approximate surface area is 110 Å². The third-order valence-electron chi connectivity index (χ3n) is 2.47. The first-order chi connectivity index (χ1) is 7.95. The summed E-state index contributed by atoms with van der Waals surface area (Å²) in [7, 11) is 0. The molecular weight excluding hydrogens is 260 g/mol. The summed E-state index contributed by atoms with van der Waals surface area (Å²) in [4.78, 5) is 10.2. The fourth-order valence-electron chi connectivity index (χ4n) is 1.33. The summed E-state index contributed by atoms with van der Waals surface area (Å²) in [5.74, 6) is 0. The normalized spacial score (nSPS) is 12.2. The van der Waals surface area contributed by atoms with Crippen LogP contribution in [0.1, 0.15) is 12.5 Å². The molecule has 0 aliphatic rings. The van der Waals surface area contributed by atoms with E-state index in [0.717, 1.165) is 17.8 Å². The second-order valence-electron chi connectivity index (χ2n) is 3.80. The first kappa shape index (κ1) is 14.1. The smallest absolute Gasteiger partial charge is 0.288 e. The molecule has 1 atom stereocenters. The zero-order valence-corrected chi connectivity index (χ0v) is 11.6. The lowest BCUT2D eigenvalue weighted by Crippen LogP contribution is -2.13. The van der Waals surface area contributed by atoms with Crippen molar-refractivity contribution in [1.82, 2.24) is 0 Å². The van der Waals surface area contributed by atoms with Gasteiger partial charge in [0.25, 0.3) is 5.69 Å². The molecule has 0 fully saturated rings. The minimum absolute atomic E-state index is 0.0485. The van der Waals surface area contributed by atoms with Gasteiger partial charge in [0.15, 0.2) is 0 Å². The van der Waals surface area contributed by atoms with E-state index in [4.69, 9.17) is 11.6 Å². The average Bonchev–Trinajstić information content (AvgIpc) is 2.28. The molecular formula is C11H15ClN2O2S. The maximum absolute atomic E-state index is 10.7. The summed E-state index contributed by atoms with van der Waals surface area (Å²) >= 11 is 7.62. The molecule has 0 aliphatic carbocycles. The van der Waals surface area contributed by atoms with Crippen LogP contribution < -0.4 is 5.32 Å². The summed E-state index contributed by atoms with van der Waals surface area (Å²) in [5.41, 5.74) is 1.63. The van der Waals surface area contributed by atoms with Gasteiger partial charge in [-0.15, -0.1) is 0 Å². The zero-order valence-electron chi connectivity index (χ0n) is 9.99. The molecule has 0 saturated heterocycles. The van der Waals surface area contributed by atoms with Crippen molar-refractivity contribution in [3.63, 3.8) is 0 Å². The maximum atomic E-state index is 10.7. The van der Waals surface area contributed by atoms with Gasteiger partial charge in [-0.1, -0.05) is 18.5 Å². The second kappa shape index (κ2) is 6.12. The number of nitrogens with one attached hydrogen (secondary N) is 1. The van der Waals surface area contributed by atoms with Crippen molar-refractivity contribution in [2.75, 3.05) is 18.1 Å². The molecule has 1 aromatic rings. The highest BCUT2D eigenvalue weighted by Gasteiger charge is 2.15. The van der Waals surface area contributed by atoms with Gasteiger partial charge in [0.2, 0.25) is 0 Å². The lowest BCUT2D eigenvalue weighted by molar-refractivity contribution is -0.384. The summed E-state index contributed by atoms with van der Waals surface area (Å²) in [5, 5.41) is 14.6. The number of hydrogen-bond acceptors (Lipinski definition) is 4. The molecule has 0 aromatic heterocycles. The molecule has 0 bridgehead atoms. The van der Waals surface area contributed by atoms with Gasteiger partial charge in [-0.3, -0.25) is 10.1 Å². The first-order valence-electron chi connectivity index (χ1n) is 5.17. The van der Waals surface area contributed by atoms with Gasteiger partial charge >= 0.3 is 0 Å². The Morgan fingerprint density at radius 1 is 1.59 bits per heavy atom. The van der Waals surface area contributed by atoms with Crippen molar-refractivity contribution in [2.45, 2.75) is 19.1 Å². The van der Waals surface area contributed by atoms with Gasteiger partial charge in [0.1, 0.15) is 5.02 Å². The standard InChI is InChI=1S/C11H15ClN2O2S/c1-7-4-11(14(15)16)9(12)5-10(7)13-6-8(2)17-3/h4-5,8,13H,6H2,1-3H3. The van der Waals surface area contributed by atoms with Crippen molar-refractivity contribution < 1.29 is 4.92 Å². The molecule has 0 aliphatic heterocycles. The first-order valence-corrected chi connectivity index (χ1v) is 6.83. The highest BCUT2D eigenvalue weighted by atomic mass is 35.5. The third-order valence-corrected chi connectivity index (χ3v) is 3.75. The van der Waals surface area contributed by atoms with E-state index in [1.807, 2.05) is 13.2 Å². The highest BCUT2D eigenvalue weighted by molar-refractivity contribution is 7.99. The van der Waals surface area contributed by atoms with Gasteiger partial charge in [-0.05, 0) is 24.8 Å². The van der Waals surface area contributed by atoms with Crippen LogP contribution in [-0.4, -0.2) is 23.0 Å². The molecule has 1 unspecified atom stereocenters. The van der Waals surface area contributed by atoms with E-state index in [1.54, 1.807) is 17.8 Å². The Morgan fingerprint density at radius 3 is 2.76 bits per heavy atom. The summed E-state index contributed by atoms with van der Waals surface area (Å²) in [6, 6.07) is 3.11. The molecule has 94 valence electrons. The van der Waals surface area contributed by atoms with Crippen LogP contribution in [0.25, 0.3) is 0 Å². The van der Waals surface area contributed by atoms with Crippen molar-refractivity contribution in [3.8, 4) is 0 Å². The number of nitrogens with zero attached hydrogens (tertiary/aromatic N) is 1. The van der Waals surface area contributed by atoms with Crippen molar-refractivity contribution in [2.24, 2.45) is 0 Å². The summed E-state index contributed by atoms with van der Waals surface area (Å²) < 4.78 is 0. The van der Waals surface area contributed by atoms with Crippen LogP contribution in [-0.2, 0) is 0 Å². The maximum Gasteiger partial charge on any atom is 0.288 e. The number of nitro groups is 1. The zero-order chi connectivity index (χ0) is 13.0. The van der Waals surface area contributed by atoms with E-state index >= 15 is 0 Å². The molecule has 0 radical (unpaired) electrons. The van der Waals surface area contributed by atoms with Gasteiger partial charge in [0, 0.05) is 23.5 Å². The Morgan fingerprint density at radius 2 is 2.24 bits per heavy atom. The van der Waals surface area contributed by atoms with Crippen LogP contribution in [0.2, 0.25) is 5.02 Å². The van der Waals surface area contributed by atoms with Gasteiger partial charge in [-0.25, -0.2) is 0 Å². The van der Waals surface area contributed by atoms with Crippen LogP contribution in [0.15, 0.2) is 12.1 Å². The Bertz CT molecular complexity index is 426. The highest BCUT2D eigenvalue weighted by Crippen LogP contribution is 2.30. The van der Waals surface area contributed by atoms with E-state index in [-0.39, 0.29) is 10.7 Å². The number of benzene rings is 1. The van der Waals surface area contributed by atoms with Crippen molar-refractivity contribution in [1.29, 1.82) is 0 Å². The third kappa shape index (κ3) is 3.78. The molecule has 0 spiro atoms. The summed E-state index contributed by atoms with van der Waals surface area (Å²) in [6.45, 7) is 4.74. The number of nitro benzene ring substituents is 1. The van der Waals surface area contributed by atoms with E-state index in [1.165, 1.54) is 6.07 Å². The molecule has 0 heterocycles. The lowest BCUT2D eigenvalue weighted by atomic mass is 10.1. The second-order valence-corrected chi connectivity index (χ2v) is 5.49. The summed E-state index contributed by atoms with van der Waals surface area (Å²) in [6.07, 6.45) is 2.04. The van der Waals surface area contributed by atoms with Gasteiger partial charge in [0.05, 0.1) is 4.92 Å². The van der Waals surface area contributed by atoms with E-state index < -0.39 is 4.92 Å². The van der Waals surface area contributed by atoms with E-state index in [2.05, 4.69) is 12.2 Å². The van der Waals surface area contributed by atoms with E-state index in [0.29, 0.717) is 5.25 Å². The molecule has 17 heavy (non-hydrogen) atoms. The fourth-order valence-corrected chi connectivity index (χ4v) is 1.82. The van der Waals surface area contributed by atoms with Crippen LogP contribution in [0, 0.1) is 17.0 Å². The lowest BCUT2D eigenvalue weighted by Gasteiger charge is -2.13. The van der Waals surface area contributed by atoms with Crippen LogP contribution in [0.3, 0.4) is 0 Å². The minimum atomic E-state index is -0.469. The van der Waals surface area contributed by atoms with Crippen LogP contribution in [0.5, 0.6) is 0 Å². The Balaban J connectivity index is 2.88.